The number of hydrogen-bond acceptors (Lipinski definition) is 5. The Morgan fingerprint density at radius 3 is 2.16 bits per heavy atom. The first-order chi connectivity index (χ1) is 11.9. The quantitative estimate of drug-likeness (QED) is 0.572. The number of methoxy groups -OCH3 is 1. The van der Waals surface area contributed by atoms with Gasteiger partial charge in [0, 0.05) is 20.2 Å². The van der Waals surface area contributed by atoms with Gasteiger partial charge in [0.1, 0.15) is 5.60 Å². The minimum absolute atomic E-state index is 0.337. The summed E-state index contributed by atoms with van der Waals surface area (Å²) >= 11 is 0. The van der Waals surface area contributed by atoms with Crippen LogP contribution in [-0.2, 0) is 25.5 Å². The predicted molar refractivity (Wildman–Crippen MR) is 96.6 cm³/mol. The third-order valence-corrected chi connectivity index (χ3v) is 3.18. The number of nitrogens with zero attached hydrogens (tertiary/aromatic N) is 1. The van der Waals surface area contributed by atoms with Crippen molar-refractivity contribution in [1.82, 2.24) is 4.90 Å². The number of carbonyl (C=O) groups is 1. The molecule has 0 aliphatic rings. The highest BCUT2D eigenvalue weighted by atomic mass is 16.6. The van der Waals surface area contributed by atoms with Gasteiger partial charge in [-0.05, 0) is 26.3 Å². The lowest BCUT2D eigenvalue weighted by Gasteiger charge is -2.27. The molecule has 0 fully saturated rings. The Balaban J connectivity index is 2.41. The van der Waals surface area contributed by atoms with Crippen molar-refractivity contribution in [2.75, 3.05) is 46.7 Å². The molecule has 0 saturated carbocycles. The molecular weight excluding hydrogens is 322 g/mol. The molecule has 6 nitrogen and oxygen atoms in total. The summed E-state index contributed by atoms with van der Waals surface area (Å²) in [6, 6.07) is 9.84. The third-order valence-electron chi connectivity index (χ3n) is 3.18. The van der Waals surface area contributed by atoms with Crippen LogP contribution in [0.5, 0.6) is 0 Å². The van der Waals surface area contributed by atoms with Crippen LogP contribution < -0.4 is 0 Å². The second-order valence-electron chi connectivity index (χ2n) is 6.61. The number of amides is 1. The Labute approximate surface area is 151 Å². The van der Waals surface area contributed by atoms with E-state index in [-0.39, 0.29) is 6.09 Å². The lowest BCUT2D eigenvalue weighted by atomic mass is 10.2. The van der Waals surface area contributed by atoms with Gasteiger partial charge < -0.3 is 23.8 Å². The molecule has 6 heteroatoms. The van der Waals surface area contributed by atoms with Gasteiger partial charge in [0.2, 0.25) is 0 Å². The van der Waals surface area contributed by atoms with Gasteiger partial charge in [-0.1, -0.05) is 30.3 Å². The first-order valence-corrected chi connectivity index (χ1v) is 8.58. The van der Waals surface area contributed by atoms with Crippen molar-refractivity contribution in [2.24, 2.45) is 0 Å². The van der Waals surface area contributed by atoms with Crippen LogP contribution in [0.15, 0.2) is 30.3 Å². The molecule has 0 aliphatic heterocycles. The highest BCUT2D eigenvalue weighted by Gasteiger charge is 2.22. The van der Waals surface area contributed by atoms with Gasteiger partial charge in [-0.3, -0.25) is 0 Å². The average molecular weight is 353 g/mol. The van der Waals surface area contributed by atoms with E-state index in [2.05, 4.69) is 0 Å². The molecule has 0 spiro atoms. The van der Waals surface area contributed by atoms with Crippen LogP contribution in [0.4, 0.5) is 4.79 Å². The van der Waals surface area contributed by atoms with Gasteiger partial charge in [0.25, 0.3) is 0 Å². The molecule has 0 bridgehead atoms. The van der Waals surface area contributed by atoms with E-state index in [1.165, 1.54) is 0 Å². The maximum atomic E-state index is 12.4. The lowest BCUT2D eigenvalue weighted by molar-refractivity contribution is 0.00425. The van der Waals surface area contributed by atoms with E-state index < -0.39 is 5.60 Å². The molecule has 1 amide bonds. The zero-order chi connectivity index (χ0) is 18.5. The molecule has 0 aromatic heterocycles. The normalized spacial score (nSPS) is 11.4. The third kappa shape index (κ3) is 10.8. The van der Waals surface area contributed by atoms with Gasteiger partial charge in [-0.15, -0.1) is 0 Å². The van der Waals surface area contributed by atoms with Crippen molar-refractivity contribution in [1.29, 1.82) is 0 Å². The fourth-order valence-corrected chi connectivity index (χ4v) is 2.00. The summed E-state index contributed by atoms with van der Waals surface area (Å²) in [5.74, 6) is 0. The van der Waals surface area contributed by atoms with Gasteiger partial charge >= 0.3 is 6.09 Å². The molecule has 0 radical (unpaired) electrons. The van der Waals surface area contributed by atoms with E-state index in [9.17, 15) is 4.79 Å². The Hall–Kier alpha value is -1.63. The van der Waals surface area contributed by atoms with E-state index >= 15 is 0 Å². The molecular formula is C19H31NO5. The Morgan fingerprint density at radius 2 is 1.56 bits per heavy atom. The fraction of sp³-hybridized carbons (Fsp3) is 0.632. The molecule has 0 heterocycles. The van der Waals surface area contributed by atoms with Crippen LogP contribution in [0.2, 0.25) is 0 Å². The summed E-state index contributed by atoms with van der Waals surface area (Å²) in [7, 11) is 1.64. The highest BCUT2D eigenvalue weighted by Crippen LogP contribution is 2.12. The second kappa shape index (κ2) is 11.8. The molecule has 0 saturated heterocycles. The predicted octanol–water partition coefficient (Wildman–Crippen LogP) is 3.10. The van der Waals surface area contributed by atoms with E-state index in [0.717, 1.165) is 5.56 Å². The van der Waals surface area contributed by atoms with Crippen LogP contribution in [0.3, 0.4) is 0 Å². The smallest absolute Gasteiger partial charge is 0.410 e. The molecule has 1 aromatic carbocycles. The van der Waals surface area contributed by atoms with E-state index in [1.54, 1.807) is 12.0 Å². The van der Waals surface area contributed by atoms with Gasteiger partial charge in [0.05, 0.1) is 33.0 Å². The minimum Gasteiger partial charge on any atom is -0.444 e. The molecule has 0 atom stereocenters. The van der Waals surface area contributed by atoms with Crippen molar-refractivity contribution in [2.45, 2.75) is 32.9 Å². The number of carbonyl (C=O) groups excluding carboxylic acids is 1. The highest BCUT2D eigenvalue weighted by molar-refractivity contribution is 5.68. The van der Waals surface area contributed by atoms with Crippen molar-refractivity contribution < 1.29 is 23.7 Å². The van der Waals surface area contributed by atoms with Crippen LogP contribution in [0.25, 0.3) is 0 Å². The van der Waals surface area contributed by atoms with Gasteiger partial charge in [-0.25, -0.2) is 4.79 Å². The van der Waals surface area contributed by atoms with Crippen molar-refractivity contribution in [3.05, 3.63) is 35.9 Å². The molecule has 25 heavy (non-hydrogen) atoms. The first-order valence-electron chi connectivity index (χ1n) is 8.58. The SMILES string of the molecule is COCCOCCOCCN(Cc1ccccc1)C(=O)OC(C)(C)C. The topological polar surface area (TPSA) is 57.2 Å². The average Bonchev–Trinajstić information content (AvgIpc) is 2.55. The Kier molecular flexibility index (Phi) is 10.1. The second-order valence-corrected chi connectivity index (χ2v) is 6.61. The number of hydrogen-bond donors (Lipinski definition) is 0. The van der Waals surface area contributed by atoms with Gasteiger partial charge in [0.15, 0.2) is 0 Å². The summed E-state index contributed by atoms with van der Waals surface area (Å²) < 4.78 is 21.3. The molecule has 142 valence electrons. The maximum Gasteiger partial charge on any atom is 0.410 e. The van der Waals surface area contributed by atoms with Crippen LogP contribution in [0.1, 0.15) is 26.3 Å². The standard InChI is InChI=1S/C19H31NO5/c1-19(2,3)25-18(21)20(16-17-8-6-5-7-9-17)10-11-23-14-15-24-13-12-22-4/h5-9H,10-16H2,1-4H3. The number of benzene rings is 1. The Bertz CT molecular complexity index is 472. The molecule has 0 unspecified atom stereocenters. The van der Waals surface area contributed by atoms with E-state index in [0.29, 0.717) is 46.1 Å². The largest absolute Gasteiger partial charge is 0.444 e. The minimum atomic E-state index is -0.526. The van der Waals surface area contributed by atoms with Crippen LogP contribution >= 0.6 is 0 Å². The summed E-state index contributed by atoms with van der Waals surface area (Å²) in [5.41, 5.74) is 0.526. The monoisotopic (exact) mass is 353 g/mol. The van der Waals surface area contributed by atoms with E-state index in [4.69, 9.17) is 18.9 Å². The van der Waals surface area contributed by atoms with Crippen LogP contribution in [-0.4, -0.2) is 63.3 Å². The van der Waals surface area contributed by atoms with E-state index in [1.807, 2.05) is 51.1 Å². The maximum absolute atomic E-state index is 12.4. The Morgan fingerprint density at radius 1 is 0.960 bits per heavy atom. The zero-order valence-corrected chi connectivity index (χ0v) is 15.8. The lowest BCUT2D eigenvalue weighted by Crippen LogP contribution is -2.38. The van der Waals surface area contributed by atoms with Crippen molar-refractivity contribution in [3.8, 4) is 0 Å². The molecule has 1 rings (SSSR count). The summed E-state index contributed by atoms with van der Waals surface area (Å²) in [5, 5.41) is 0. The zero-order valence-electron chi connectivity index (χ0n) is 15.8. The summed E-state index contributed by atoms with van der Waals surface area (Å²) in [4.78, 5) is 14.1. The number of rotatable bonds is 11. The number of ether oxygens (including phenoxy) is 4. The molecule has 1 aromatic rings. The molecule has 0 N–H and O–H groups in total. The van der Waals surface area contributed by atoms with Crippen molar-refractivity contribution in [3.63, 3.8) is 0 Å². The van der Waals surface area contributed by atoms with Gasteiger partial charge in [-0.2, -0.15) is 0 Å². The van der Waals surface area contributed by atoms with Crippen molar-refractivity contribution >= 4 is 6.09 Å². The summed E-state index contributed by atoms with van der Waals surface area (Å²) in [6.45, 7) is 9.08. The first kappa shape index (κ1) is 21.4. The summed E-state index contributed by atoms with van der Waals surface area (Å²) in [6.07, 6.45) is -0.337. The fourth-order valence-electron chi connectivity index (χ4n) is 2.00. The van der Waals surface area contributed by atoms with Crippen LogP contribution in [0, 0.1) is 0 Å². The molecule has 0 aliphatic carbocycles.